The van der Waals surface area contributed by atoms with E-state index in [2.05, 4.69) is 41.5 Å². The average molecular weight is 387 g/mol. The van der Waals surface area contributed by atoms with E-state index in [1.165, 1.54) is 31.3 Å². The Bertz CT molecular complexity index is 643. The third-order valence-electron chi connectivity index (χ3n) is 6.84. The maximum absolute atomic E-state index is 11.9. The molecule has 2 rings (SSSR count). The molecule has 2 atom stereocenters. The van der Waals surface area contributed by atoms with E-state index in [1.54, 1.807) is 12.2 Å². The van der Waals surface area contributed by atoms with Crippen LogP contribution in [-0.4, -0.2) is 11.6 Å². The van der Waals surface area contributed by atoms with Crippen molar-refractivity contribution in [2.75, 3.05) is 0 Å². The monoisotopic (exact) mass is 386 g/mol. The zero-order chi connectivity index (χ0) is 21.5. The molecule has 0 aliphatic heterocycles. The second-order valence-electron chi connectivity index (χ2n) is 9.94. The van der Waals surface area contributed by atoms with Gasteiger partial charge in [-0.15, -0.1) is 0 Å². The molecule has 1 saturated carbocycles. The molecule has 2 unspecified atom stereocenters. The van der Waals surface area contributed by atoms with Crippen LogP contribution in [0.5, 0.6) is 0 Å². The maximum Gasteiger partial charge on any atom is 0.181 e. The molecular weight excluding hydrogens is 344 g/mol. The molecule has 2 heteroatoms. The fourth-order valence-electron chi connectivity index (χ4n) is 4.96. The van der Waals surface area contributed by atoms with Gasteiger partial charge < -0.3 is 0 Å². The summed E-state index contributed by atoms with van der Waals surface area (Å²) in [5.74, 6) is 1.30. The molecule has 0 spiro atoms. The van der Waals surface area contributed by atoms with Gasteiger partial charge in [0.2, 0.25) is 0 Å². The molecule has 2 aliphatic carbocycles. The molecule has 0 aromatic carbocycles. The molecule has 28 heavy (non-hydrogen) atoms. The first-order valence-electron chi connectivity index (χ1n) is 11.0. The number of hydrogen-bond acceptors (Lipinski definition) is 2. The van der Waals surface area contributed by atoms with Crippen LogP contribution in [0.4, 0.5) is 0 Å². The van der Waals surface area contributed by atoms with E-state index >= 15 is 0 Å². The van der Waals surface area contributed by atoms with Gasteiger partial charge in [0, 0.05) is 5.92 Å². The molecule has 0 aromatic heterocycles. The summed E-state index contributed by atoms with van der Waals surface area (Å²) >= 11 is 0. The molecule has 0 saturated heterocycles. The Kier molecular flexibility index (Phi) is 9.11. The van der Waals surface area contributed by atoms with Crippen molar-refractivity contribution in [3.05, 3.63) is 35.5 Å². The van der Waals surface area contributed by atoms with E-state index in [4.69, 9.17) is 0 Å². The number of hydrogen-bond donors (Lipinski definition) is 0. The van der Waals surface area contributed by atoms with Crippen LogP contribution in [-0.2, 0) is 9.59 Å². The second-order valence-corrected chi connectivity index (χ2v) is 9.94. The Morgan fingerprint density at radius 2 is 1.57 bits per heavy atom. The molecule has 158 valence electrons. The van der Waals surface area contributed by atoms with Crippen molar-refractivity contribution >= 4 is 11.6 Å². The summed E-state index contributed by atoms with van der Waals surface area (Å²) in [6, 6.07) is 0. The summed E-state index contributed by atoms with van der Waals surface area (Å²) in [7, 11) is 0. The summed E-state index contributed by atoms with van der Waals surface area (Å²) < 4.78 is 0. The third kappa shape index (κ3) is 6.29. The summed E-state index contributed by atoms with van der Waals surface area (Å²) in [6.45, 7) is 17.0. The third-order valence-corrected chi connectivity index (χ3v) is 6.84. The zero-order valence-corrected chi connectivity index (χ0v) is 19.5. The molecule has 0 heterocycles. The van der Waals surface area contributed by atoms with Crippen LogP contribution in [0.15, 0.2) is 35.5 Å². The molecule has 0 radical (unpaired) electrons. The highest BCUT2D eigenvalue weighted by atomic mass is 16.1. The fourth-order valence-corrected chi connectivity index (χ4v) is 4.96. The Labute approximate surface area is 173 Å². The molecule has 2 nitrogen and oxygen atoms in total. The van der Waals surface area contributed by atoms with Gasteiger partial charge in [-0.25, -0.2) is 0 Å². The minimum absolute atomic E-state index is 0.189. The van der Waals surface area contributed by atoms with Crippen LogP contribution in [0.1, 0.15) is 93.9 Å². The summed E-state index contributed by atoms with van der Waals surface area (Å²) in [4.78, 5) is 23.7. The molecule has 0 N–H and O–H groups in total. The van der Waals surface area contributed by atoms with Crippen molar-refractivity contribution in [1.29, 1.82) is 0 Å². The Hall–Kier alpha value is -1.44. The van der Waals surface area contributed by atoms with Crippen LogP contribution in [0, 0.1) is 22.7 Å². The van der Waals surface area contributed by atoms with E-state index in [-0.39, 0.29) is 22.5 Å². The summed E-state index contributed by atoms with van der Waals surface area (Å²) in [6.07, 6.45) is 14.1. The van der Waals surface area contributed by atoms with Gasteiger partial charge in [-0.3, -0.25) is 9.59 Å². The molecule has 0 bridgehead atoms. The van der Waals surface area contributed by atoms with Crippen LogP contribution < -0.4 is 0 Å². The van der Waals surface area contributed by atoms with Crippen LogP contribution in [0.3, 0.4) is 0 Å². The quantitative estimate of drug-likeness (QED) is 0.477. The highest BCUT2D eigenvalue weighted by Gasteiger charge is 2.40. The van der Waals surface area contributed by atoms with Gasteiger partial charge in [-0.05, 0) is 87.3 Å². The van der Waals surface area contributed by atoms with Gasteiger partial charge in [0.15, 0.2) is 11.6 Å². The first kappa shape index (κ1) is 24.6. The topological polar surface area (TPSA) is 34.1 Å². The van der Waals surface area contributed by atoms with Crippen molar-refractivity contribution in [2.45, 2.75) is 93.9 Å². The summed E-state index contributed by atoms with van der Waals surface area (Å²) in [5, 5.41) is 0. The zero-order valence-electron chi connectivity index (χ0n) is 19.5. The Morgan fingerprint density at radius 1 is 0.964 bits per heavy atom. The second kappa shape index (κ2) is 10.4. The molecule has 1 fully saturated rings. The SMILES string of the molecule is CC=CC(=O)C1=C(C)C(C)(C)CCC1.CC=CC(=O)C1C(C)CCCC1(C)C. The number of allylic oxidation sites excluding steroid dienone is 6. The number of carbonyl (C=O) groups excluding carboxylic acids is 2. The predicted molar refractivity (Wildman–Crippen MR) is 120 cm³/mol. The van der Waals surface area contributed by atoms with Gasteiger partial charge >= 0.3 is 0 Å². The number of rotatable bonds is 4. The summed E-state index contributed by atoms with van der Waals surface area (Å²) in [5.41, 5.74) is 2.73. The van der Waals surface area contributed by atoms with E-state index < -0.39 is 0 Å². The standard InChI is InChI=1S/C13H20O.C13H22O/c1-5-7-12(14)11-8-6-9-13(3,4)10(11)2;1-5-7-11(14)12-10(2)8-6-9-13(12,3)4/h5,7H,6,8-9H2,1-4H3;5,7,10,12H,6,8-9H2,1-4H3. The lowest BCUT2D eigenvalue weighted by molar-refractivity contribution is -0.125. The normalized spacial score (nSPS) is 26.9. The largest absolute Gasteiger partial charge is 0.295 e. The van der Waals surface area contributed by atoms with Crippen molar-refractivity contribution < 1.29 is 9.59 Å². The Morgan fingerprint density at radius 3 is 2.11 bits per heavy atom. The van der Waals surface area contributed by atoms with Gasteiger partial charge in [-0.2, -0.15) is 0 Å². The first-order chi connectivity index (χ1) is 13.0. The highest BCUT2D eigenvalue weighted by molar-refractivity contribution is 6.04. The molecule has 2 aliphatic rings. The Balaban J connectivity index is 0.000000280. The fraction of sp³-hybridized carbons (Fsp3) is 0.692. The van der Waals surface area contributed by atoms with E-state index in [0.29, 0.717) is 11.7 Å². The van der Waals surface area contributed by atoms with Crippen LogP contribution >= 0.6 is 0 Å². The van der Waals surface area contributed by atoms with Crippen molar-refractivity contribution in [3.63, 3.8) is 0 Å². The highest BCUT2D eigenvalue weighted by Crippen LogP contribution is 2.44. The number of ketones is 2. The van der Waals surface area contributed by atoms with E-state index in [1.807, 2.05) is 26.0 Å². The molecule has 0 aromatic rings. The molecular formula is C26H42O2. The smallest absolute Gasteiger partial charge is 0.181 e. The minimum Gasteiger partial charge on any atom is -0.295 e. The van der Waals surface area contributed by atoms with Crippen LogP contribution in [0.2, 0.25) is 0 Å². The average Bonchev–Trinajstić information content (AvgIpc) is 2.57. The maximum atomic E-state index is 11.9. The van der Waals surface area contributed by atoms with Crippen molar-refractivity contribution in [2.24, 2.45) is 22.7 Å². The number of carbonyl (C=O) groups is 2. The minimum atomic E-state index is 0.189. The lowest BCUT2D eigenvalue weighted by atomic mass is 9.62. The van der Waals surface area contributed by atoms with Crippen molar-refractivity contribution in [3.8, 4) is 0 Å². The van der Waals surface area contributed by atoms with Gasteiger partial charge in [0.1, 0.15) is 0 Å². The van der Waals surface area contributed by atoms with Gasteiger partial charge in [-0.1, -0.05) is 58.8 Å². The lowest BCUT2D eigenvalue weighted by Gasteiger charge is -2.41. The predicted octanol–water partition coefficient (Wildman–Crippen LogP) is 7.25. The van der Waals surface area contributed by atoms with Gasteiger partial charge in [0.05, 0.1) is 0 Å². The van der Waals surface area contributed by atoms with Crippen LogP contribution in [0.25, 0.3) is 0 Å². The van der Waals surface area contributed by atoms with E-state index in [0.717, 1.165) is 18.4 Å². The van der Waals surface area contributed by atoms with E-state index in [9.17, 15) is 9.59 Å². The molecule has 0 amide bonds. The van der Waals surface area contributed by atoms with Gasteiger partial charge in [0.25, 0.3) is 0 Å². The first-order valence-corrected chi connectivity index (χ1v) is 11.0. The lowest BCUT2D eigenvalue weighted by Crippen LogP contribution is -2.38. The van der Waals surface area contributed by atoms with Crippen molar-refractivity contribution in [1.82, 2.24) is 0 Å².